The van der Waals surface area contributed by atoms with Crippen molar-refractivity contribution >= 4 is 6.08 Å². The highest BCUT2D eigenvalue weighted by Gasteiger charge is 2.22. The van der Waals surface area contributed by atoms with E-state index < -0.39 is 0 Å². The average molecular weight is 389 g/mol. The number of allylic oxidation sites excluding steroid dienone is 3. The predicted octanol–water partition coefficient (Wildman–Crippen LogP) is 6.23. The number of nitrogens with zero attached hydrogens (tertiary/aromatic N) is 3. The number of nitriles is 1. The maximum atomic E-state index is 9.32. The zero-order chi connectivity index (χ0) is 20.8. The largest absolute Gasteiger partial charge is 0.485 e. The summed E-state index contributed by atoms with van der Waals surface area (Å²) in [7, 11) is 0. The molecule has 0 spiro atoms. The molecular weight excluding hydrogens is 370 g/mol. The molecule has 4 heteroatoms. The van der Waals surface area contributed by atoms with Crippen LogP contribution in [0.15, 0.2) is 108 Å². The maximum Gasteiger partial charge on any atom is 0.265 e. The maximum absolute atomic E-state index is 9.32. The number of aromatic nitrogens is 1. The normalized spacial score (nSPS) is 17.5. The van der Waals surface area contributed by atoms with Crippen LogP contribution < -0.4 is 0 Å². The van der Waals surface area contributed by atoms with Crippen LogP contribution in [0.4, 0.5) is 0 Å². The molecule has 1 aliphatic rings. The summed E-state index contributed by atoms with van der Waals surface area (Å²) >= 11 is 0. The molecule has 3 aromatic rings. The van der Waals surface area contributed by atoms with Gasteiger partial charge in [0.15, 0.2) is 0 Å². The van der Waals surface area contributed by atoms with Crippen molar-refractivity contribution in [2.24, 2.45) is 0 Å². The molecule has 2 heterocycles. The van der Waals surface area contributed by atoms with E-state index in [4.69, 9.17) is 11.3 Å². The molecule has 0 aliphatic carbocycles. The van der Waals surface area contributed by atoms with Crippen molar-refractivity contribution in [3.8, 4) is 11.8 Å². The third-order valence-corrected chi connectivity index (χ3v) is 4.93. The molecule has 0 saturated carbocycles. The van der Waals surface area contributed by atoms with Gasteiger partial charge in [0.2, 0.25) is 0 Å². The highest BCUT2D eigenvalue weighted by atomic mass is 16.5. The van der Waals surface area contributed by atoms with Crippen molar-refractivity contribution < 1.29 is 4.74 Å². The third kappa shape index (κ3) is 4.24. The summed E-state index contributed by atoms with van der Waals surface area (Å²) < 4.78 is 8.22. The lowest BCUT2D eigenvalue weighted by Gasteiger charge is -2.25. The summed E-state index contributed by atoms with van der Waals surface area (Å²) in [4.78, 5) is 3.39. The van der Waals surface area contributed by atoms with Crippen LogP contribution in [0.3, 0.4) is 0 Å². The van der Waals surface area contributed by atoms with Crippen molar-refractivity contribution in [3.05, 3.63) is 131 Å². The van der Waals surface area contributed by atoms with Crippen molar-refractivity contribution in [1.29, 1.82) is 5.26 Å². The predicted molar refractivity (Wildman–Crippen MR) is 117 cm³/mol. The fourth-order valence-electron chi connectivity index (χ4n) is 3.39. The highest BCUT2D eigenvalue weighted by molar-refractivity contribution is 5.55. The highest BCUT2D eigenvalue weighted by Crippen LogP contribution is 2.35. The summed E-state index contributed by atoms with van der Waals surface area (Å²) in [5.41, 5.74) is 3.97. The molecular formula is C26H19N3O. The Morgan fingerprint density at radius 1 is 1.03 bits per heavy atom. The van der Waals surface area contributed by atoms with E-state index in [0.29, 0.717) is 17.8 Å². The van der Waals surface area contributed by atoms with Crippen molar-refractivity contribution in [1.82, 2.24) is 4.57 Å². The van der Waals surface area contributed by atoms with Crippen LogP contribution in [0.2, 0.25) is 0 Å². The van der Waals surface area contributed by atoms with E-state index in [1.165, 1.54) is 0 Å². The number of hydrogen-bond donors (Lipinski definition) is 0. The molecule has 0 radical (unpaired) electrons. The Kier molecular flexibility index (Phi) is 5.60. The van der Waals surface area contributed by atoms with Gasteiger partial charge in [-0.05, 0) is 53.1 Å². The SMILES string of the molecule is [C-]#[N+]C(C#N)=C1C=C(C=Cc2ccc(-n3cccc3)cc2)OC(c2ccccc2)C1. The van der Waals surface area contributed by atoms with Gasteiger partial charge in [0, 0.05) is 24.5 Å². The average Bonchev–Trinajstić information content (AvgIpc) is 3.34. The number of rotatable bonds is 4. The molecule has 2 aromatic carbocycles. The molecule has 1 aliphatic heterocycles. The molecule has 1 aromatic heterocycles. The number of benzene rings is 2. The second-order valence-electron chi connectivity index (χ2n) is 6.88. The Morgan fingerprint density at radius 3 is 2.43 bits per heavy atom. The molecule has 0 N–H and O–H groups in total. The van der Waals surface area contributed by atoms with Gasteiger partial charge in [0.1, 0.15) is 11.9 Å². The van der Waals surface area contributed by atoms with Crippen molar-refractivity contribution in [2.45, 2.75) is 12.5 Å². The summed E-state index contributed by atoms with van der Waals surface area (Å²) in [6.45, 7) is 7.30. The van der Waals surface area contributed by atoms with Crippen LogP contribution in [0.1, 0.15) is 23.7 Å². The molecule has 0 saturated heterocycles. The van der Waals surface area contributed by atoms with Crippen LogP contribution >= 0.6 is 0 Å². The number of ether oxygens (including phenoxy) is 1. The topological polar surface area (TPSA) is 42.3 Å². The Morgan fingerprint density at radius 2 is 1.77 bits per heavy atom. The lowest BCUT2D eigenvalue weighted by atomic mass is 9.97. The van der Waals surface area contributed by atoms with Crippen LogP contribution in [-0.2, 0) is 4.74 Å². The first kappa shape index (κ1) is 19.1. The molecule has 1 atom stereocenters. The summed E-state index contributed by atoms with van der Waals surface area (Å²) in [6.07, 6.45) is 9.94. The van der Waals surface area contributed by atoms with Gasteiger partial charge in [-0.15, -0.1) is 0 Å². The first-order chi connectivity index (χ1) is 14.8. The lowest BCUT2D eigenvalue weighted by Crippen LogP contribution is -2.10. The Bertz CT molecular complexity index is 1170. The smallest absolute Gasteiger partial charge is 0.265 e. The minimum atomic E-state index is -0.230. The van der Waals surface area contributed by atoms with Gasteiger partial charge in [-0.25, -0.2) is 10.1 Å². The Hall–Kier alpha value is -4.28. The zero-order valence-electron chi connectivity index (χ0n) is 16.3. The van der Waals surface area contributed by atoms with E-state index in [1.807, 2.05) is 85.2 Å². The molecule has 144 valence electrons. The first-order valence-electron chi connectivity index (χ1n) is 9.62. The second kappa shape index (κ2) is 8.82. The van der Waals surface area contributed by atoms with E-state index >= 15 is 0 Å². The van der Waals surface area contributed by atoms with Crippen LogP contribution in [0, 0.1) is 17.9 Å². The Balaban J connectivity index is 1.60. The fourth-order valence-corrected chi connectivity index (χ4v) is 3.39. The van der Waals surface area contributed by atoms with Gasteiger partial charge in [0.05, 0.1) is 12.6 Å². The minimum Gasteiger partial charge on any atom is -0.485 e. The number of hydrogen-bond acceptors (Lipinski definition) is 2. The molecule has 0 fully saturated rings. The van der Waals surface area contributed by atoms with E-state index in [2.05, 4.69) is 21.5 Å². The zero-order valence-corrected chi connectivity index (χ0v) is 16.3. The van der Waals surface area contributed by atoms with Crippen LogP contribution in [0.5, 0.6) is 0 Å². The fraction of sp³-hybridized carbons (Fsp3) is 0.0769. The molecule has 1 unspecified atom stereocenters. The minimum absolute atomic E-state index is 0.112. The van der Waals surface area contributed by atoms with Crippen LogP contribution in [-0.4, -0.2) is 4.57 Å². The van der Waals surface area contributed by atoms with Gasteiger partial charge in [-0.2, -0.15) is 0 Å². The van der Waals surface area contributed by atoms with E-state index in [1.54, 1.807) is 6.08 Å². The van der Waals surface area contributed by atoms with Gasteiger partial charge in [-0.1, -0.05) is 48.5 Å². The molecule has 0 bridgehead atoms. The monoisotopic (exact) mass is 389 g/mol. The van der Waals surface area contributed by atoms with Gasteiger partial charge in [0.25, 0.3) is 5.70 Å². The molecule has 30 heavy (non-hydrogen) atoms. The van der Waals surface area contributed by atoms with Gasteiger partial charge >= 0.3 is 0 Å². The van der Waals surface area contributed by atoms with E-state index in [9.17, 15) is 5.26 Å². The van der Waals surface area contributed by atoms with Gasteiger partial charge in [-0.3, -0.25) is 0 Å². The lowest BCUT2D eigenvalue weighted by molar-refractivity contribution is 0.118. The second-order valence-corrected chi connectivity index (χ2v) is 6.88. The standard InChI is InChI=1S/C26H19N3O/c1-28-25(19-27)22-17-24(30-26(18-22)21-7-3-2-4-8-21)14-11-20-9-12-23(13-10-20)29-15-5-6-16-29/h2-17,26H,18H2. The van der Waals surface area contributed by atoms with Crippen molar-refractivity contribution in [3.63, 3.8) is 0 Å². The van der Waals surface area contributed by atoms with Crippen molar-refractivity contribution in [2.75, 3.05) is 0 Å². The first-order valence-corrected chi connectivity index (χ1v) is 9.62. The van der Waals surface area contributed by atoms with E-state index in [-0.39, 0.29) is 11.8 Å². The molecule has 4 rings (SSSR count). The quantitative estimate of drug-likeness (QED) is 0.392. The summed E-state index contributed by atoms with van der Waals surface area (Å²) in [6, 6.07) is 24.1. The molecule has 4 nitrogen and oxygen atoms in total. The van der Waals surface area contributed by atoms with Crippen LogP contribution in [0.25, 0.3) is 16.6 Å². The Labute approximate surface area is 176 Å². The molecule has 0 amide bonds. The van der Waals surface area contributed by atoms with Gasteiger partial charge < -0.3 is 9.30 Å². The third-order valence-electron chi connectivity index (χ3n) is 4.93. The van der Waals surface area contributed by atoms with E-state index in [0.717, 1.165) is 16.8 Å². The summed E-state index contributed by atoms with van der Waals surface area (Å²) in [5, 5.41) is 9.32. The summed E-state index contributed by atoms with van der Waals surface area (Å²) in [5.74, 6) is 0.635.